The number of hydrogen-bond acceptors (Lipinski definition) is 3. The lowest BCUT2D eigenvalue weighted by Crippen LogP contribution is -2.03. The molecule has 1 N–H and O–H groups in total. The fraction of sp³-hybridized carbons (Fsp3) is 0.111. The van der Waals surface area contributed by atoms with E-state index in [2.05, 4.69) is 21.8 Å². The first-order valence-corrected chi connectivity index (χ1v) is 7.55. The van der Waals surface area contributed by atoms with E-state index in [1.165, 1.54) is 12.1 Å². The summed E-state index contributed by atoms with van der Waals surface area (Å²) in [5, 5.41) is 10.1. The van der Waals surface area contributed by atoms with E-state index in [9.17, 15) is 9.50 Å². The zero-order valence-corrected chi connectivity index (χ0v) is 13.5. The van der Waals surface area contributed by atoms with Gasteiger partial charge in [0, 0.05) is 17.4 Å². The molecule has 0 atom stereocenters. The maximum absolute atomic E-state index is 13.1. The molecule has 2 aromatic heterocycles. The van der Waals surface area contributed by atoms with E-state index in [0.29, 0.717) is 33.6 Å². The predicted molar refractivity (Wildman–Crippen MR) is 89.4 cm³/mol. The number of imidazole rings is 1. The first-order valence-electron chi connectivity index (χ1n) is 7.17. The summed E-state index contributed by atoms with van der Waals surface area (Å²) in [5.74, 6) is 6.24. The summed E-state index contributed by atoms with van der Waals surface area (Å²) >= 11 is 5.84. The van der Waals surface area contributed by atoms with E-state index in [1.54, 1.807) is 42.0 Å². The van der Waals surface area contributed by atoms with Crippen molar-refractivity contribution < 1.29 is 9.50 Å². The van der Waals surface area contributed by atoms with Crippen LogP contribution in [0.15, 0.2) is 42.6 Å². The second-order valence-electron chi connectivity index (χ2n) is 5.04. The maximum atomic E-state index is 13.1. The molecule has 24 heavy (non-hydrogen) atoms. The van der Waals surface area contributed by atoms with Crippen molar-refractivity contribution in [3.8, 4) is 17.5 Å². The van der Waals surface area contributed by atoms with Crippen LogP contribution in [-0.2, 0) is 6.61 Å². The second kappa shape index (κ2) is 6.83. The third kappa shape index (κ3) is 3.30. The topological polar surface area (TPSA) is 50.9 Å². The van der Waals surface area contributed by atoms with Gasteiger partial charge < -0.3 is 5.11 Å². The molecule has 0 amide bonds. The summed E-state index contributed by atoms with van der Waals surface area (Å²) < 4.78 is 14.9. The van der Waals surface area contributed by atoms with Crippen molar-refractivity contribution in [1.82, 2.24) is 14.5 Å². The largest absolute Gasteiger partial charge is 0.390 e. The SMILES string of the molecule is Cc1nc(C#Cc2ccnc(Cl)c2)c(CO)n1-c1ccc(F)cc1. The Hall–Kier alpha value is -2.68. The average Bonchev–Trinajstić information content (AvgIpc) is 2.89. The highest BCUT2D eigenvalue weighted by Crippen LogP contribution is 2.19. The Morgan fingerprint density at radius 2 is 1.96 bits per heavy atom. The van der Waals surface area contributed by atoms with Gasteiger partial charge in [0.05, 0.1) is 12.3 Å². The standard InChI is InChI=1S/C18H13ClFN3O/c1-12-22-16(7-2-13-8-9-21-18(19)10-13)17(11-24)23(12)15-5-3-14(20)4-6-15/h3-6,8-10,24H,11H2,1H3. The number of nitrogens with zero attached hydrogens (tertiary/aromatic N) is 3. The molecule has 3 aromatic rings. The molecule has 4 nitrogen and oxygen atoms in total. The van der Waals surface area contributed by atoms with Gasteiger partial charge in [-0.1, -0.05) is 17.5 Å². The lowest BCUT2D eigenvalue weighted by molar-refractivity contribution is 0.274. The molecule has 0 saturated carbocycles. The summed E-state index contributed by atoms with van der Waals surface area (Å²) in [5.41, 5.74) is 2.43. The molecule has 0 aliphatic heterocycles. The third-order valence-corrected chi connectivity index (χ3v) is 3.63. The van der Waals surface area contributed by atoms with Crippen LogP contribution >= 0.6 is 11.6 Å². The summed E-state index contributed by atoms with van der Waals surface area (Å²) in [6.45, 7) is 1.57. The van der Waals surface area contributed by atoms with Crippen molar-refractivity contribution in [2.24, 2.45) is 0 Å². The minimum absolute atomic E-state index is 0.237. The van der Waals surface area contributed by atoms with Gasteiger partial charge >= 0.3 is 0 Å². The minimum atomic E-state index is -0.323. The molecule has 120 valence electrons. The van der Waals surface area contributed by atoms with Gasteiger partial charge in [-0.3, -0.25) is 4.57 Å². The van der Waals surface area contributed by atoms with Crippen LogP contribution in [0.3, 0.4) is 0 Å². The lowest BCUT2D eigenvalue weighted by atomic mass is 10.2. The highest BCUT2D eigenvalue weighted by molar-refractivity contribution is 6.29. The summed E-state index contributed by atoms with van der Waals surface area (Å²) in [6, 6.07) is 9.37. The quantitative estimate of drug-likeness (QED) is 0.575. The van der Waals surface area contributed by atoms with Crippen molar-refractivity contribution >= 4 is 11.6 Å². The number of aliphatic hydroxyl groups excluding tert-OH is 1. The van der Waals surface area contributed by atoms with Crippen LogP contribution in [0.4, 0.5) is 4.39 Å². The van der Waals surface area contributed by atoms with Crippen molar-refractivity contribution in [1.29, 1.82) is 0 Å². The molecule has 0 spiro atoms. The van der Waals surface area contributed by atoms with Gasteiger partial charge in [0.2, 0.25) is 0 Å². The first-order chi connectivity index (χ1) is 11.6. The number of aromatic nitrogens is 3. The Balaban J connectivity index is 2.05. The molecule has 0 aliphatic rings. The van der Waals surface area contributed by atoms with Crippen molar-refractivity contribution in [2.45, 2.75) is 13.5 Å². The first kappa shape index (κ1) is 16.2. The monoisotopic (exact) mass is 341 g/mol. The smallest absolute Gasteiger partial charge is 0.137 e. The zero-order valence-electron chi connectivity index (χ0n) is 12.8. The van der Waals surface area contributed by atoms with E-state index < -0.39 is 0 Å². The van der Waals surface area contributed by atoms with Gasteiger partial charge in [-0.05, 0) is 49.2 Å². The average molecular weight is 342 g/mol. The second-order valence-corrected chi connectivity index (χ2v) is 5.43. The van der Waals surface area contributed by atoms with Gasteiger partial charge in [0.25, 0.3) is 0 Å². The molecule has 6 heteroatoms. The summed E-state index contributed by atoms with van der Waals surface area (Å²) in [7, 11) is 0. The van der Waals surface area contributed by atoms with Crippen LogP contribution in [-0.4, -0.2) is 19.6 Å². The van der Waals surface area contributed by atoms with Gasteiger partial charge in [0.15, 0.2) is 0 Å². The highest BCUT2D eigenvalue weighted by Gasteiger charge is 2.14. The number of benzene rings is 1. The van der Waals surface area contributed by atoms with Crippen LogP contribution < -0.4 is 0 Å². The molecular formula is C18H13ClFN3O. The van der Waals surface area contributed by atoms with Crippen molar-refractivity contribution in [2.75, 3.05) is 0 Å². The molecular weight excluding hydrogens is 329 g/mol. The number of hydrogen-bond donors (Lipinski definition) is 1. The number of rotatable bonds is 2. The van der Waals surface area contributed by atoms with E-state index in [-0.39, 0.29) is 12.4 Å². The highest BCUT2D eigenvalue weighted by atomic mass is 35.5. The molecule has 0 radical (unpaired) electrons. The number of pyridine rings is 1. The van der Waals surface area contributed by atoms with E-state index in [4.69, 9.17) is 11.6 Å². The van der Waals surface area contributed by atoms with Crippen LogP contribution in [0.2, 0.25) is 5.15 Å². The number of halogens is 2. The molecule has 0 saturated heterocycles. The molecule has 0 bridgehead atoms. The molecule has 1 aromatic carbocycles. The molecule has 0 aliphatic carbocycles. The maximum Gasteiger partial charge on any atom is 0.137 e. The zero-order chi connectivity index (χ0) is 17.1. The van der Waals surface area contributed by atoms with Crippen LogP contribution in [0.25, 0.3) is 5.69 Å². The predicted octanol–water partition coefficient (Wildman–Crippen LogP) is 3.26. The molecule has 3 rings (SSSR count). The number of aliphatic hydroxyl groups is 1. The minimum Gasteiger partial charge on any atom is -0.390 e. The Morgan fingerprint density at radius 1 is 1.21 bits per heavy atom. The van der Waals surface area contributed by atoms with Crippen LogP contribution in [0.5, 0.6) is 0 Å². The van der Waals surface area contributed by atoms with Gasteiger partial charge in [0.1, 0.15) is 22.5 Å². The lowest BCUT2D eigenvalue weighted by Gasteiger charge is -2.08. The van der Waals surface area contributed by atoms with Crippen molar-refractivity contribution in [3.05, 3.63) is 76.3 Å². The molecule has 2 heterocycles. The Morgan fingerprint density at radius 3 is 2.62 bits per heavy atom. The number of aryl methyl sites for hydroxylation is 1. The van der Waals surface area contributed by atoms with Gasteiger partial charge in [-0.2, -0.15) is 0 Å². The van der Waals surface area contributed by atoms with Gasteiger partial charge in [-0.25, -0.2) is 14.4 Å². The van der Waals surface area contributed by atoms with E-state index in [1.807, 2.05) is 0 Å². The van der Waals surface area contributed by atoms with Gasteiger partial charge in [-0.15, -0.1) is 0 Å². The summed E-state index contributed by atoms with van der Waals surface area (Å²) in [6.07, 6.45) is 1.57. The summed E-state index contributed by atoms with van der Waals surface area (Å²) in [4.78, 5) is 8.31. The Bertz CT molecular complexity index is 939. The van der Waals surface area contributed by atoms with E-state index in [0.717, 1.165) is 0 Å². The van der Waals surface area contributed by atoms with Crippen LogP contribution in [0.1, 0.15) is 22.8 Å². The van der Waals surface area contributed by atoms with E-state index >= 15 is 0 Å². The molecule has 0 fully saturated rings. The van der Waals surface area contributed by atoms with Crippen molar-refractivity contribution in [3.63, 3.8) is 0 Å². The Kier molecular flexibility index (Phi) is 4.61. The molecule has 0 unspecified atom stereocenters. The fourth-order valence-electron chi connectivity index (χ4n) is 2.37. The Labute approximate surface area is 143 Å². The van der Waals surface area contributed by atoms with Crippen LogP contribution in [0, 0.1) is 24.6 Å². The normalized spacial score (nSPS) is 10.3. The third-order valence-electron chi connectivity index (χ3n) is 3.43. The fourth-order valence-corrected chi connectivity index (χ4v) is 2.54.